The molecule has 1 N–H and O–H groups in total. The first-order valence-electron chi connectivity index (χ1n) is 8.44. The standard InChI is InChI=1S/C18H31N3/c1-4-19-14-16-6-8-17(9-7-16)15-20(3)18-10-12-21(5-2)13-11-18/h6-9,18-19H,4-5,10-15H2,1-3H3. The fraction of sp³-hybridized carbons (Fsp3) is 0.667. The fourth-order valence-corrected chi connectivity index (χ4v) is 3.13. The van der Waals surface area contributed by atoms with E-state index in [0.29, 0.717) is 0 Å². The smallest absolute Gasteiger partial charge is 0.0233 e. The lowest BCUT2D eigenvalue weighted by atomic mass is 10.0. The minimum absolute atomic E-state index is 0.745. The van der Waals surface area contributed by atoms with Crippen molar-refractivity contribution in [2.75, 3.05) is 33.2 Å². The summed E-state index contributed by atoms with van der Waals surface area (Å²) >= 11 is 0. The van der Waals surface area contributed by atoms with Crippen molar-refractivity contribution in [2.24, 2.45) is 0 Å². The first-order valence-corrected chi connectivity index (χ1v) is 8.44. The van der Waals surface area contributed by atoms with E-state index in [1.54, 1.807) is 0 Å². The molecule has 1 saturated heterocycles. The van der Waals surface area contributed by atoms with E-state index < -0.39 is 0 Å². The van der Waals surface area contributed by atoms with Crippen LogP contribution in [0, 0.1) is 0 Å². The van der Waals surface area contributed by atoms with Crippen LogP contribution in [0.4, 0.5) is 0 Å². The van der Waals surface area contributed by atoms with Crippen LogP contribution in [0.15, 0.2) is 24.3 Å². The Kier molecular flexibility index (Phi) is 6.68. The second-order valence-electron chi connectivity index (χ2n) is 6.18. The number of piperidine rings is 1. The average molecular weight is 289 g/mol. The molecule has 3 heteroatoms. The second kappa shape index (κ2) is 8.52. The molecular formula is C18H31N3. The minimum atomic E-state index is 0.745. The monoisotopic (exact) mass is 289 g/mol. The topological polar surface area (TPSA) is 18.5 Å². The third kappa shape index (κ3) is 5.10. The van der Waals surface area contributed by atoms with Gasteiger partial charge in [-0.25, -0.2) is 0 Å². The molecule has 0 amide bonds. The van der Waals surface area contributed by atoms with E-state index in [0.717, 1.165) is 25.7 Å². The molecule has 0 bridgehead atoms. The van der Waals surface area contributed by atoms with Crippen LogP contribution >= 0.6 is 0 Å². The van der Waals surface area contributed by atoms with Crippen molar-refractivity contribution in [3.8, 4) is 0 Å². The maximum atomic E-state index is 3.37. The summed E-state index contributed by atoms with van der Waals surface area (Å²) in [6.45, 7) is 11.2. The number of nitrogens with zero attached hydrogens (tertiary/aromatic N) is 2. The van der Waals surface area contributed by atoms with Crippen molar-refractivity contribution in [3.63, 3.8) is 0 Å². The summed E-state index contributed by atoms with van der Waals surface area (Å²) < 4.78 is 0. The van der Waals surface area contributed by atoms with Gasteiger partial charge in [0.2, 0.25) is 0 Å². The van der Waals surface area contributed by atoms with Crippen LogP contribution in [0.2, 0.25) is 0 Å². The van der Waals surface area contributed by atoms with E-state index >= 15 is 0 Å². The van der Waals surface area contributed by atoms with E-state index in [9.17, 15) is 0 Å². The van der Waals surface area contributed by atoms with Gasteiger partial charge in [0.25, 0.3) is 0 Å². The predicted molar refractivity (Wildman–Crippen MR) is 90.4 cm³/mol. The van der Waals surface area contributed by atoms with Gasteiger partial charge in [0.1, 0.15) is 0 Å². The molecular weight excluding hydrogens is 258 g/mol. The molecule has 0 aromatic heterocycles. The van der Waals surface area contributed by atoms with Crippen molar-refractivity contribution in [1.29, 1.82) is 0 Å². The molecule has 1 heterocycles. The Hall–Kier alpha value is -0.900. The maximum Gasteiger partial charge on any atom is 0.0233 e. The van der Waals surface area contributed by atoms with Gasteiger partial charge in [-0.05, 0) is 57.2 Å². The molecule has 118 valence electrons. The molecule has 0 aliphatic carbocycles. The molecule has 1 aliphatic rings. The lowest BCUT2D eigenvalue weighted by Crippen LogP contribution is -2.42. The molecule has 0 radical (unpaired) electrons. The van der Waals surface area contributed by atoms with E-state index in [4.69, 9.17) is 0 Å². The van der Waals surface area contributed by atoms with Gasteiger partial charge >= 0.3 is 0 Å². The van der Waals surface area contributed by atoms with Gasteiger partial charge in [-0.15, -0.1) is 0 Å². The van der Waals surface area contributed by atoms with Crippen LogP contribution in [0.1, 0.15) is 37.8 Å². The summed E-state index contributed by atoms with van der Waals surface area (Å²) in [4.78, 5) is 5.09. The quantitative estimate of drug-likeness (QED) is 0.832. The Labute approximate surface area is 130 Å². The molecule has 0 saturated carbocycles. The SMILES string of the molecule is CCNCc1ccc(CN(C)C2CCN(CC)CC2)cc1. The molecule has 1 aromatic rings. The number of rotatable bonds is 7. The largest absolute Gasteiger partial charge is 0.313 e. The fourth-order valence-electron chi connectivity index (χ4n) is 3.13. The van der Waals surface area contributed by atoms with Crippen molar-refractivity contribution >= 4 is 0 Å². The van der Waals surface area contributed by atoms with Crippen molar-refractivity contribution in [2.45, 2.75) is 45.8 Å². The van der Waals surface area contributed by atoms with Gasteiger partial charge in [-0.3, -0.25) is 4.90 Å². The number of nitrogens with one attached hydrogen (secondary N) is 1. The number of benzene rings is 1. The molecule has 0 unspecified atom stereocenters. The third-order valence-corrected chi connectivity index (χ3v) is 4.66. The van der Waals surface area contributed by atoms with Crippen molar-refractivity contribution < 1.29 is 0 Å². The summed E-state index contributed by atoms with van der Waals surface area (Å²) in [5.74, 6) is 0. The van der Waals surface area contributed by atoms with Crippen LogP contribution in [-0.4, -0.2) is 49.1 Å². The molecule has 3 nitrogen and oxygen atoms in total. The molecule has 21 heavy (non-hydrogen) atoms. The van der Waals surface area contributed by atoms with Gasteiger partial charge in [-0.2, -0.15) is 0 Å². The highest BCUT2D eigenvalue weighted by Gasteiger charge is 2.21. The molecule has 1 aliphatic heterocycles. The van der Waals surface area contributed by atoms with E-state index in [1.807, 2.05) is 0 Å². The number of hydrogen-bond donors (Lipinski definition) is 1. The zero-order valence-corrected chi connectivity index (χ0v) is 13.9. The Morgan fingerprint density at radius 2 is 1.71 bits per heavy atom. The first kappa shape index (κ1) is 16.5. The van der Waals surface area contributed by atoms with Gasteiger partial charge in [-0.1, -0.05) is 38.1 Å². The number of hydrogen-bond acceptors (Lipinski definition) is 3. The normalized spacial score (nSPS) is 17.5. The van der Waals surface area contributed by atoms with Crippen LogP contribution in [-0.2, 0) is 13.1 Å². The van der Waals surface area contributed by atoms with Crippen LogP contribution in [0.5, 0.6) is 0 Å². The second-order valence-corrected chi connectivity index (χ2v) is 6.18. The summed E-state index contributed by atoms with van der Waals surface area (Å²) in [7, 11) is 2.28. The van der Waals surface area contributed by atoms with Gasteiger partial charge < -0.3 is 10.2 Å². The maximum absolute atomic E-state index is 3.37. The van der Waals surface area contributed by atoms with Crippen molar-refractivity contribution in [3.05, 3.63) is 35.4 Å². The lowest BCUT2D eigenvalue weighted by Gasteiger charge is -2.36. The number of likely N-dealkylation sites (tertiary alicyclic amines) is 1. The summed E-state index contributed by atoms with van der Waals surface area (Å²) in [5, 5.41) is 3.37. The summed E-state index contributed by atoms with van der Waals surface area (Å²) in [6, 6.07) is 9.82. The zero-order valence-electron chi connectivity index (χ0n) is 13.9. The summed E-state index contributed by atoms with van der Waals surface area (Å²) in [6.07, 6.45) is 2.62. The Bertz CT molecular complexity index is 393. The van der Waals surface area contributed by atoms with Gasteiger partial charge in [0, 0.05) is 19.1 Å². The minimum Gasteiger partial charge on any atom is -0.313 e. The molecule has 0 atom stereocenters. The Morgan fingerprint density at radius 1 is 1.10 bits per heavy atom. The highest BCUT2D eigenvalue weighted by molar-refractivity contribution is 5.22. The van der Waals surface area contributed by atoms with Crippen LogP contribution in [0.3, 0.4) is 0 Å². The van der Waals surface area contributed by atoms with Crippen LogP contribution < -0.4 is 5.32 Å². The third-order valence-electron chi connectivity index (χ3n) is 4.66. The Morgan fingerprint density at radius 3 is 2.29 bits per heavy atom. The molecule has 2 rings (SSSR count). The highest BCUT2D eigenvalue weighted by atomic mass is 15.2. The molecule has 0 spiro atoms. The Balaban J connectivity index is 1.81. The van der Waals surface area contributed by atoms with E-state index in [-0.39, 0.29) is 0 Å². The first-order chi connectivity index (χ1) is 10.2. The zero-order chi connectivity index (χ0) is 15.1. The van der Waals surface area contributed by atoms with Crippen molar-refractivity contribution in [1.82, 2.24) is 15.1 Å². The average Bonchev–Trinajstić information content (AvgIpc) is 2.54. The summed E-state index contributed by atoms with van der Waals surface area (Å²) in [5.41, 5.74) is 2.80. The van der Waals surface area contributed by atoms with E-state index in [1.165, 1.54) is 43.6 Å². The lowest BCUT2D eigenvalue weighted by molar-refractivity contribution is 0.127. The van der Waals surface area contributed by atoms with Crippen LogP contribution in [0.25, 0.3) is 0 Å². The van der Waals surface area contributed by atoms with E-state index in [2.05, 4.69) is 60.3 Å². The van der Waals surface area contributed by atoms with Gasteiger partial charge in [0.05, 0.1) is 0 Å². The predicted octanol–water partition coefficient (Wildman–Crippen LogP) is 2.71. The molecule has 1 fully saturated rings. The van der Waals surface area contributed by atoms with Gasteiger partial charge in [0.15, 0.2) is 0 Å². The highest BCUT2D eigenvalue weighted by Crippen LogP contribution is 2.17. The molecule has 1 aromatic carbocycles.